The van der Waals surface area contributed by atoms with Crippen molar-refractivity contribution in [3.63, 3.8) is 0 Å². The Morgan fingerprint density at radius 1 is 1.47 bits per heavy atom. The number of benzene rings is 1. The van der Waals surface area contributed by atoms with Crippen LogP contribution >= 0.6 is 0 Å². The monoisotopic (exact) mass is 262 g/mol. The van der Waals surface area contributed by atoms with Gasteiger partial charge in [0.2, 0.25) is 10.0 Å². The SMILES string of the molecule is Cc1cc(F)c(S(=O)(=O)NCCCO)cc1N. The molecule has 0 amide bonds. The van der Waals surface area contributed by atoms with Gasteiger partial charge in [0.05, 0.1) is 0 Å². The van der Waals surface area contributed by atoms with Crippen LogP contribution in [0.2, 0.25) is 0 Å². The summed E-state index contributed by atoms with van der Waals surface area (Å²) < 4.78 is 39.1. The number of rotatable bonds is 5. The van der Waals surface area contributed by atoms with Crippen molar-refractivity contribution in [3.8, 4) is 0 Å². The van der Waals surface area contributed by atoms with Crippen LogP contribution in [0.15, 0.2) is 17.0 Å². The molecule has 0 atom stereocenters. The van der Waals surface area contributed by atoms with Crippen LogP contribution in [0.25, 0.3) is 0 Å². The maximum absolute atomic E-state index is 13.5. The zero-order valence-corrected chi connectivity index (χ0v) is 10.2. The predicted molar refractivity (Wildman–Crippen MR) is 62.4 cm³/mol. The molecule has 1 aromatic carbocycles. The molecule has 5 nitrogen and oxygen atoms in total. The fourth-order valence-electron chi connectivity index (χ4n) is 1.24. The first-order chi connectivity index (χ1) is 7.88. The van der Waals surface area contributed by atoms with Crippen LogP contribution in [0, 0.1) is 12.7 Å². The molecule has 0 aliphatic rings. The van der Waals surface area contributed by atoms with Crippen molar-refractivity contribution in [2.45, 2.75) is 18.2 Å². The van der Waals surface area contributed by atoms with E-state index in [2.05, 4.69) is 4.72 Å². The summed E-state index contributed by atoms with van der Waals surface area (Å²) in [6.45, 7) is 1.50. The third-order valence-corrected chi connectivity index (χ3v) is 3.71. The second-order valence-corrected chi connectivity index (χ2v) is 5.35. The lowest BCUT2D eigenvalue weighted by Gasteiger charge is -2.09. The van der Waals surface area contributed by atoms with Crippen molar-refractivity contribution >= 4 is 15.7 Å². The fourth-order valence-corrected chi connectivity index (χ4v) is 2.40. The number of hydrogen-bond acceptors (Lipinski definition) is 4. The van der Waals surface area contributed by atoms with E-state index in [1.54, 1.807) is 6.92 Å². The van der Waals surface area contributed by atoms with Gasteiger partial charge in [-0.2, -0.15) is 0 Å². The second kappa shape index (κ2) is 5.44. The third kappa shape index (κ3) is 3.39. The number of aliphatic hydroxyl groups excluding tert-OH is 1. The van der Waals surface area contributed by atoms with Gasteiger partial charge in [-0.05, 0) is 31.0 Å². The van der Waals surface area contributed by atoms with Gasteiger partial charge in [-0.15, -0.1) is 0 Å². The normalized spacial score (nSPS) is 11.7. The average molecular weight is 262 g/mol. The Bertz CT molecular complexity index is 503. The van der Waals surface area contributed by atoms with Crippen LogP contribution in [-0.2, 0) is 10.0 Å². The first-order valence-electron chi connectivity index (χ1n) is 5.04. The summed E-state index contributed by atoms with van der Waals surface area (Å²) in [5, 5.41) is 8.54. The first kappa shape index (κ1) is 13.9. The van der Waals surface area contributed by atoms with Crippen LogP contribution in [-0.4, -0.2) is 26.7 Å². The number of halogens is 1. The number of nitrogen functional groups attached to an aromatic ring is 1. The Labute approximate surface area is 99.5 Å². The smallest absolute Gasteiger partial charge is 0.243 e. The van der Waals surface area contributed by atoms with Gasteiger partial charge in [0, 0.05) is 18.8 Å². The molecule has 0 fully saturated rings. The molecule has 0 bridgehead atoms. The minimum absolute atomic E-state index is 0.0477. The van der Waals surface area contributed by atoms with Gasteiger partial charge in [0.25, 0.3) is 0 Å². The molecule has 0 aliphatic carbocycles. The molecule has 0 aliphatic heterocycles. The van der Waals surface area contributed by atoms with E-state index in [0.717, 1.165) is 12.1 Å². The van der Waals surface area contributed by atoms with Gasteiger partial charge in [-0.1, -0.05) is 0 Å². The zero-order valence-electron chi connectivity index (χ0n) is 9.40. The van der Waals surface area contributed by atoms with Gasteiger partial charge in [0.1, 0.15) is 10.7 Å². The molecule has 7 heteroatoms. The summed E-state index contributed by atoms with van der Waals surface area (Å²) in [4.78, 5) is -0.474. The van der Waals surface area contributed by atoms with Crippen LogP contribution in [0.3, 0.4) is 0 Å². The van der Waals surface area contributed by atoms with Crippen LogP contribution in [0.5, 0.6) is 0 Å². The molecule has 0 radical (unpaired) electrons. The van der Waals surface area contributed by atoms with Gasteiger partial charge in [-0.3, -0.25) is 0 Å². The Balaban J connectivity index is 3.03. The summed E-state index contributed by atoms with van der Waals surface area (Å²) >= 11 is 0. The molecule has 1 rings (SSSR count). The van der Waals surface area contributed by atoms with Crippen LogP contribution < -0.4 is 10.5 Å². The molecule has 96 valence electrons. The Morgan fingerprint density at radius 2 is 2.12 bits per heavy atom. The quantitative estimate of drug-likeness (QED) is 0.528. The minimum atomic E-state index is -3.92. The van der Waals surface area contributed by atoms with Gasteiger partial charge >= 0.3 is 0 Å². The number of aliphatic hydroxyl groups is 1. The highest BCUT2D eigenvalue weighted by Crippen LogP contribution is 2.21. The van der Waals surface area contributed by atoms with E-state index in [4.69, 9.17) is 10.8 Å². The fraction of sp³-hybridized carbons (Fsp3) is 0.400. The number of hydrogen-bond donors (Lipinski definition) is 3. The highest BCUT2D eigenvalue weighted by Gasteiger charge is 2.19. The molecular formula is C10H15FN2O3S. The summed E-state index contributed by atoms with van der Waals surface area (Å²) in [5.74, 6) is -0.840. The van der Waals surface area contributed by atoms with Crippen molar-refractivity contribution in [1.29, 1.82) is 0 Å². The maximum Gasteiger partial charge on any atom is 0.243 e. The second-order valence-electron chi connectivity index (χ2n) is 3.61. The molecule has 0 heterocycles. The zero-order chi connectivity index (χ0) is 13.1. The molecule has 0 saturated carbocycles. The van der Waals surface area contributed by atoms with E-state index in [0.29, 0.717) is 5.56 Å². The maximum atomic E-state index is 13.5. The van der Waals surface area contributed by atoms with Gasteiger partial charge < -0.3 is 10.8 Å². The number of sulfonamides is 1. The van der Waals surface area contributed by atoms with E-state index in [-0.39, 0.29) is 25.3 Å². The van der Waals surface area contributed by atoms with Crippen molar-refractivity contribution < 1.29 is 17.9 Å². The van der Waals surface area contributed by atoms with E-state index in [1.807, 2.05) is 0 Å². The molecule has 4 N–H and O–H groups in total. The predicted octanol–water partition coefficient (Wildman–Crippen LogP) is 0.377. The lowest BCUT2D eigenvalue weighted by molar-refractivity contribution is 0.289. The minimum Gasteiger partial charge on any atom is -0.398 e. The van der Waals surface area contributed by atoms with Crippen molar-refractivity contribution in [3.05, 3.63) is 23.5 Å². The summed E-state index contributed by atoms with van der Waals surface area (Å²) in [6, 6.07) is 2.17. The van der Waals surface area contributed by atoms with E-state index in [1.165, 1.54) is 0 Å². The van der Waals surface area contributed by atoms with E-state index in [9.17, 15) is 12.8 Å². The molecule has 0 spiro atoms. The lowest BCUT2D eigenvalue weighted by Crippen LogP contribution is -2.26. The summed E-state index contributed by atoms with van der Waals surface area (Å²) in [6.07, 6.45) is 0.266. The standard InChI is InChI=1S/C10H15FN2O3S/c1-7-5-8(11)10(6-9(7)12)17(15,16)13-3-2-4-14/h5-6,13-14H,2-4,12H2,1H3. The Hall–Kier alpha value is -1.18. The van der Waals surface area contributed by atoms with Crippen LogP contribution in [0.4, 0.5) is 10.1 Å². The summed E-state index contributed by atoms with van der Waals surface area (Å²) in [5.41, 5.74) is 6.24. The number of nitrogens with one attached hydrogen (secondary N) is 1. The van der Waals surface area contributed by atoms with Crippen molar-refractivity contribution in [2.24, 2.45) is 0 Å². The molecular weight excluding hydrogens is 247 g/mol. The van der Waals surface area contributed by atoms with Gasteiger partial charge in [-0.25, -0.2) is 17.5 Å². The molecule has 1 aromatic rings. The molecule has 17 heavy (non-hydrogen) atoms. The first-order valence-corrected chi connectivity index (χ1v) is 6.53. The lowest BCUT2D eigenvalue weighted by atomic mass is 10.2. The van der Waals surface area contributed by atoms with Gasteiger partial charge in [0.15, 0.2) is 0 Å². The summed E-state index contributed by atoms with van der Waals surface area (Å²) in [7, 11) is -3.92. The highest BCUT2D eigenvalue weighted by atomic mass is 32.2. The highest BCUT2D eigenvalue weighted by molar-refractivity contribution is 7.89. The van der Waals surface area contributed by atoms with E-state index < -0.39 is 20.7 Å². The average Bonchev–Trinajstić information content (AvgIpc) is 2.23. The Morgan fingerprint density at radius 3 is 2.71 bits per heavy atom. The van der Waals surface area contributed by atoms with Crippen molar-refractivity contribution in [1.82, 2.24) is 4.72 Å². The Kier molecular flexibility index (Phi) is 4.44. The number of anilines is 1. The van der Waals surface area contributed by atoms with E-state index >= 15 is 0 Å². The number of aryl methyl sites for hydroxylation is 1. The van der Waals surface area contributed by atoms with Crippen molar-refractivity contribution in [2.75, 3.05) is 18.9 Å². The topological polar surface area (TPSA) is 92.4 Å². The molecule has 0 aromatic heterocycles. The largest absolute Gasteiger partial charge is 0.398 e. The molecule has 0 saturated heterocycles. The third-order valence-electron chi connectivity index (χ3n) is 2.24. The molecule has 0 unspecified atom stereocenters. The van der Waals surface area contributed by atoms with Crippen LogP contribution in [0.1, 0.15) is 12.0 Å². The number of nitrogens with two attached hydrogens (primary N) is 1.